The molecule has 2 N–H and O–H groups in total. The van der Waals surface area contributed by atoms with Crippen LogP contribution in [0.4, 0.5) is 5.00 Å². The topological polar surface area (TPSA) is 97.2 Å². The van der Waals surface area contributed by atoms with Crippen molar-refractivity contribution in [2.45, 2.75) is 0 Å². The quantitative estimate of drug-likeness (QED) is 0.313. The van der Waals surface area contributed by atoms with E-state index < -0.39 is 5.97 Å². The van der Waals surface area contributed by atoms with Crippen molar-refractivity contribution in [3.8, 4) is 11.5 Å². The van der Waals surface area contributed by atoms with Crippen LogP contribution in [-0.4, -0.2) is 29.8 Å². The highest BCUT2D eigenvalue weighted by Gasteiger charge is 2.16. The number of aliphatic carboxylic acids is 1. The molecule has 1 aromatic heterocycles. The summed E-state index contributed by atoms with van der Waals surface area (Å²) in [5.41, 5.74) is 0.908. The van der Waals surface area contributed by atoms with Gasteiger partial charge in [0, 0.05) is 17.0 Å². The molecule has 0 spiro atoms. The summed E-state index contributed by atoms with van der Waals surface area (Å²) >= 11 is 1.19. The molecule has 0 atom stereocenters. The molecular formula is C22H18N2O5S. The lowest BCUT2D eigenvalue weighted by molar-refractivity contribution is -0.129. The van der Waals surface area contributed by atoms with Gasteiger partial charge in [-0.25, -0.2) is 4.79 Å². The summed E-state index contributed by atoms with van der Waals surface area (Å²) in [4.78, 5) is 28.0. The maximum Gasteiger partial charge on any atom is 0.358 e. The Morgan fingerprint density at radius 1 is 1.07 bits per heavy atom. The number of rotatable bonds is 8. The Hall–Kier alpha value is -3.91. The van der Waals surface area contributed by atoms with Crippen molar-refractivity contribution in [2.75, 3.05) is 12.4 Å². The van der Waals surface area contributed by atoms with Gasteiger partial charge >= 0.3 is 5.97 Å². The van der Waals surface area contributed by atoms with Gasteiger partial charge in [-0.3, -0.25) is 4.79 Å². The number of ether oxygens (including phenoxy) is 1. The number of carboxylic acids is 1. The molecule has 0 saturated heterocycles. The highest BCUT2D eigenvalue weighted by molar-refractivity contribution is 7.14. The Bertz CT molecular complexity index is 1090. The molecule has 7 nitrogen and oxygen atoms in total. The van der Waals surface area contributed by atoms with E-state index in [1.807, 2.05) is 54.6 Å². The Morgan fingerprint density at radius 3 is 2.57 bits per heavy atom. The van der Waals surface area contributed by atoms with Gasteiger partial charge in [-0.2, -0.15) is 0 Å². The van der Waals surface area contributed by atoms with E-state index >= 15 is 0 Å². The molecule has 1 heterocycles. The first kappa shape index (κ1) is 20.8. The molecule has 1 amide bonds. The highest BCUT2D eigenvalue weighted by atomic mass is 32.1. The molecular weight excluding hydrogens is 404 g/mol. The predicted octanol–water partition coefficient (Wildman–Crippen LogP) is 4.63. The number of benzene rings is 2. The lowest BCUT2D eigenvalue weighted by atomic mass is 10.2. The van der Waals surface area contributed by atoms with Crippen LogP contribution in [0.15, 0.2) is 77.3 Å². The minimum atomic E-state index is -1.22. The van der Waals surface area contributed by atoms with Crippen LogP contribution in [-0.2, 0) is 14.4 Å². The Kier molecular flexibility index (Phi) is 6.96. The summed E-state index contributed by atoms with van der Waals surface area (Å²) < 4.78 is 5.78. The van der Waals surface area contributed by atoms with Crippen LogP contribution in [0.25, 0.3) is 6.08 Å². The van der Waals surface area contributed by atoms with Gasteiger partial charge in [-0.1, -0.05) is 35.5 Å². The van der Waals surface area contributed by atoms with Gasteiger partial charge in [0.2, 0.25) is 5.91 Å². The number of carbonyl (C=O) groups excluding carboxylic acids is 1. The minimum Gasteiger partial charge on any atom is -0.476 e. The second kappa shape index (κ2) is 10.0. The molecule has 0 aliphatic heterocycles. The average Bonchev–Trinajstić information content (AvgIpc) is 3.19. The molecule has 0 bridgehead atoms. The summed E-state index contributed by atoms with van der Waals surface area (Å²) in [6.07, 6.45) is 3.05. The average molecular weight is 422 g/mol. The fourth-order valence-corrected chi connectivity index (χ4v) is 3.26. The number of thiophene rings is 1. The summed E-state index contributed by atoms with van der Waals surface area (Å²) in [6.45, 7) is 0. The van der Waals surface area contributed by atoms with E-state index in [-0.39, 0.29) is 11.6 Å². The molecule has 0 unspecified atom stereocenters. The van der Waals surface area contributed by atoms with Gasteiger partial charge in [0.25, 0.3) is 0 Å². The minimum absolute atomic E-state index is 0.236. The largest absolute Gasteiger partial charge is 0.476 e. The third-order valence-corrected chi connectivity index (χ3v) is 4.61. The van der Waals surface area contributed by atoms with Crippen LogP contribution in [0, 0.1) is 0 Å². The van der Waals surface area contributed by atoms with Gasteiger partial charge in [0.15, 0.2) is 5.71 Å². The van der Waals surface area contributed by atoms with Gasteiger partial charge < -0.3 is 20.0 Å². The number of oxime groups is 1. The van der Waals surface area contributed by atoms with Gasteiger partial charge in [0.05, 0.1) is 5.00 Å². The standard InChI is InChI=1S/C22H18N2O5S/c1-28-24-21(22(26)27)16-13-20(30-14-16)23-19(25)11-10-15-6-5-9-18(12-15)29-17-7-3-2-4-8-17/h2-14H,1H3,(H,23,25)(H,26,27). The van der Waals surface area contributed by atoms with Crippen LogP contribution in [0.3, 0.4) is 0 Å². The molecule has 0 saturated carbocycles. The van der Waals surface area contributed by atoms with Gasteiger partial charge in [-0.15, -0.1) is 11.3 Å². The molecule has 3 aromatic rings. The maximum absolute atomic E-state index is 12.2. The molecule has 2 aromatic carbocycles. The van der Waals surface area contributed by atoms with Gasteiger partial charge in [-0.05, 0) is 42.0 Å². The number of hydrogen-bond acceptors (Lipinski definition) is 6. The number of anilines is 1. The summed E-state index contributed by atoms with van der Waals surface area (Å²) in [7, 11) is 1.27. The second-order valence-electron chi connectivity index (χ2n) is 5.94. The first-order valence-electron chi connectivity index (χ1n) is 8.80. The van der Waals surface area contributed by atoms with Crippen molar-refractivity contribution in [3.63, 3.8) is 0 Å². The SMILES string of the molecule is CON=C(C(=O)O)c1csc(NC(=O)C=Cc2cccc(Oc3ccccc3)c2)c1. The number of para-hydroxylation sites is 1. The van der Waals surface area contributed by atoms with E-state index in [0.29, 0.717) is 16.3 Å². The highest BCUT2D eigenvalue weighted by Crippen LogP contribution is 2.23. The fourth-order valence-electron chi connectivity index (χ4n) is 2.47. The van der Waals surface area contributed by atoms with Crippen LogP contribution in [0.2, 0.25) is 0 Å². The number of nitrogens with one attached hydrogen (secondary N) is 1. The Labute approximate surface area is 176 Å². The van der Waals surface area contributed by atoms with Crippen molar-refractivity contribution in [2.24, 2.45) is 5.16 Å². The monoisotopic (exact) mass is 422 g/mol. The zero-order chi connectivity index (χ0) is 21.3. The van der Waals surface area contributed by atoms with E-state index in [2.05, 4.69) is 15.3 Å². The van der Waals surface area contributed by atoms with Crippen molar-refractivity contribution < 1.29 is 24.3 Å². The smallest absolute Gasteiger partial charge is 0.358 e. The van der Waals surface area contributed by atoms with Crippen molar-refractivity contribution in [3.05, 3.63) is 83.2 Å². The lowest BCUT2D eigenvalue weighted by Gasteiger charge is -2.05. The van der Waals surface area contributed by atoms with E-state index in [4.69, 9.17) is 9.84 Å². The molecule has 8 heteroatoms. The molecule has 3 rings (SSSR count). The molecule has 0 aliphatic rings. The van der Waals surface area contributed by atoms with E-state index in [9.17, 15) is 9.59 Å². The summed E-state index contributed by atoms with van der Waals surface area (Å²) in [6, 6.07) is 18.3. The molecule has 0 radical (unpaired) electrons. The van der Waals surface area contributed by atoms with E-state index in [1.54, 1.807) is 11.5 Å². The van der Waals surface area contributed by atoms with Crippen molar-refractivity contribution >= 4 is 40.0 Å². The fraction of sp³-hybridized carbons (Fsp3) is 0.0455. The van der Waals surface area contributed by atoms with Crippen LogP contribution in [0.5, 0.6) is 11.5 Å². The van der Waals surface area contributed by atoms with Crippen molar-refractivity contribution in [1.29, 1.82) is 0 Å². The summed E-state index contributed by atoms with van der Waals surface area (Å²) in [5.74, 6) is -0.184. The predicted molar refractivity (Wildman–Crippen MR) is 116 cm³/mol. The zero-order valence-corrected chi connectivity index (χ0v) is 16.8. The number of carboxylic acid groups (broad SMARTS) is 1. The first-order chi connectivity index (χ1) is 14.5. The van der Waals surface area contributed by atoms with Crippen LogP contribution < -0.4 is 10.1 Å². The van der Waals surface area contributed by atoms with Gasteiger partial charge in [0.1, 0.15) is 18.6 Å². The van der Waals surface area contributed by atoms with E-state index in [0.717, 1.165) is 11.3 Å². The van der Waals surface area contributed by atoms with Crippen LogP contribution >= 0.6 is 11.3 Å². The molecule has 0 fully saturated rings. The lowest BCUT2D eigenvalue weighted by Crippen LogP contribution is -2.14. The van der Waals surface area contributed by atoms with E-state index in [1.165, 1.54) is 30.6 Å². The third-order valence-electron chi connectivity index (χ3n) is 3.77. The zero-order valence-electron chi connectivity index (χ0n) is 15.9. The maximum atomic E-state index is 12.2. The third kappa shape index (κ3) is 5.79. The number of hydrogen-bond donors (Lipinski definition) is 2. The van der Waals surface area contributed by atoms with Crippen molar-refractivity contribution in [1.82, 2.24) is 0 Å². The summed E-state index contributed by atoms with van der Waals surface area (Å²) in [5, 5.41) is 17.4. The van der Waals surface area contributed by atoms with Crippen LogP contribution in [0.1, 0.15) is 11.1 Å². The number of carbonyl (C=O) groups is 2. The Morgan fingerprint density at radius 2 is 1.83 bits per heavy atom. The molecule has 0 aliphatic carbocycles. The molecule has 30 heavy (non-hydrogen) atoms. The Balaban J connectivity index is 1.63. The second-order valence-corrected chi connectivity index (χ2v) is 6.85. The normalized spacial score (nSPS) is 11.3. The number of nitrogens with zero attached hydrogens (tertiary/aromatic N) is 1. The molecule has 152 valence electrons. The first-order valence-corrected chi connectivity index (χ1v) is 9.68. The number of amides is 1.